The average molecular weight is 436 g/mol. The molecule has 0 unspecified atom stereocenters. The van der Waals surface area contributed by atoms with Crippen molar-refractivity contribution in [1.29, 1.82) is 0 Å². The molecule has 1 aromatic heterocycles. The topological polar surface area (TPSA) is 71.5 Å². The Kier molecular flexibility index (Phi) is 6.80. The van der Waals surface area contributed by atoms with Crippen molar-refractivity contribution in [1.82, 2.24) is 15.2 Å². The van der Waals surface area contributed by atoms with E-state index in [4.69, 9.17) is 16.3 Å². The summed E-state index contributed by atoms with van der Waals surface area (Å²) in [5.74, 6) is -0.0586. The van der Waals surface area contributed by atoms with Crippen LogP contribution in [0.25, 0.3) is 10.6 Å². The monoisotopic (exact) mass is 435 g/mol. The summed E-state index contributed by atoms with van der Waals surface area (Å²) in [4.78, 5) is 30.8. The Morgan fingerprint density at radius 3 is 2.62 bits per heavy atom. The van der Waals surface area contributed by atoms with Crippen molar-refractivity contribution in [2.75, 3.05) is 13.1 Å². The number of thiazole rings is 1. The van der Waals surface area contributed by atoms with E-state index in [0.717, 1.165) is 16.3 Å². The Labute approximate surface area is 180 Å². The molecular formula is C21H26ClN3O3S. The van der Waals surface area contributed by atoms with Crippen LogP contribution in [0.3, 0.4) is 0 Å². The Morgan fingerprint density at radius 2 is 1.97 bits per heavy atom. The van der Waals surface area contributed by atoms with Crippen LogP contribution < -0.4 is 5.32 Å². The molecule has 1 aliphatic heterocycles. The molecule has 1 saturated heterocycles. The van der Waals surface area contributed by atoms with Crippen LogP contribution in [-0.2, 0) is 16.0 Å². The third kappa shape index (κ3) is 6.18. The summed E-state index contributed by atoms with van der Waals surface area (Å²) in [6.45, 7) is 6.72. The lowest BCUT2D eigenvalue weighted by Crippen LogP contribution is -2.48. The molecule has 29 heavy (non-hydrogen) atoms. The molecule has 8 heteroatoms. The van der Waals surface area contributed by atoms with E-state index in [-0.39, 0.29) is 24.5 Å². The number of amides is 2. The van der Waals surface area contributed by atoms with Gasteiger partial charge < -0.3 is 15.0 Å². The number of carbonyl (C=O) groups is 2. The predicted octanol–water partition coefficient (Wildman–Crippen LogP) is 4.52. The van der Waals surface area contributed by atoms with E-state index in [1.807, 2.05) is 50.4 Å². The summed E-state index contributed by atoms with van der Waals surface area (Å²) < 4.78 is 5.40. The van der Waals surface area contributed by atoms with Crippen LogP contribution in [-0.4, -0.2) is 46.6 Å². The number of halogens is 1. The van der Waals surface area contributed by atoms with Gasteiger partial charge in [0, 0.05) is 30.1 Å². The zero-order chi connectivity index (χ0) is 21.0. The zero-order valence-corrected chi connectivity index (χ0v) is 18.5. The molecule has 6 nitrogen and oxygen atoms in total. The van der Waals surface area contributed by atoms with Crippen LogP contribution >= 0.6 is 22.9 Å². The van der Waals surface area contributed by atoms with Gasteiger partial charge in [0.2, 0.25) is 5.91 Å². The largest absolute Gasteiger partial charge is 0.444 e. The number of benzene rings is 1. The molecule has 0 aliphatic carbocycles. The van der Waals surface area contributed by atoms with Crippen LogP contribution in [0, 0.1) is 0 Å². The quantitative estimate of drug-likeness (QED) is 0.766. The number of piperidine rings is 1. The van der Waals surface area contributed by atoms with E-state index in [0.29, 0.717) is 31.0 Å². The first-order chi connectivity index (χ1) is 13.7. The van der Waals surface area contributed by atoms with E-state index in [1.54, 1.807) is 4.90 Å². The Bertz CT molecular complexity index is 870. The number of likely N-dealkylation sites (tertiary alicyclic amines) is 1. The fourth-order valence-electron chi connectivity index (χ4n) is 3.12. The Hall–Kier alpha value is -2.12. The SMILES string of the molecule is CC(C)(C)OC(=O)N1CCC(NC(=O)Cc2csc(-c3ccccc3Cl)n2)CC1. The van der Waals surface area contributed by atoms with Gasteiger partial charge in [-0.05, 0) is 39.7 Å². The van der Waals surface area contributed by atoms with Crippen LogP contribution in [0.15, 0.2) is 29.6 Å². The maximum atomic E-state index is 12.4. The van der Waals surface area contributed by atoms with Crippen LogP contribution in [0.1, 0.15) is 39.3 Å². The second-order valence-electron chi connectivity index (χ2n) is 8.11. The van der Waals surface area contributed by atoms with Gasteiger partial charge in [-0.25, -0.2) is 9.78 Å². The lowest BCUT2D eigenvalue weighted by molar-refractivity contribution is -0.121. The molecule has 1 N–H and O–H groups in total. The third-order valence-corrected chi connectivity index (χ3v) is 5.76. The molecule has 2 aromatic rings. The highest BCUT2D eigenvalue weighted by Crippen LogP contribution is 2.30. The van der Waals surface area contributed by atoms with Gasteiger partial charge in [0.05, 0.1) is 17.1 Å². The standard InChI is InChI=1S/C21H26ClN3O3S/c1-21(2,3)28-20(27)25-10-8-14(9-11-25)23-18(26)12-15-13-29-19(24-15)16-6-4-5-7-17(16)22/h4-7,13-14H,8-12H2,1-3H3,(H,23,26). The first-order valence-electron chi connectivity index (χ1n) is 9.68. The normalized spacial score (nSPS) is 15.2. The van der Waals surface area contributed by atoms with Gasteiger partial charge >= 0.3 is 6.09 Å². The molecule has 1 aliphatic rings. The number of ether oxygens (including phenoxy) is 1. The van der Waals surface area contributed by atoms with Crippen molar-refractivity contribution in [3.63, 3.8) is 0 Å². The van der Waals surface area contributed by atoms with Crippen molar-refractivity contribution < 1.29 is 14.3 Å². The van der Waals surface area contributed by atoms with Crippen molar-refractivity contribution in [2.45, 2.75) is 51.7 Å². The first kappa shape index (κ1) is 21.6. The molecule has 2 amide bonds. The van der Waals surface area contributed by atoms with Gasteiger partial charge in [0.15, 0.2) is 0 Å². The molecule has 0 saturated carbocycles. The lowest BCUT2D eigenvalue weighted by Gasteiger charge is -2.33. The first-order valence-corrected chi connectivity index (χ1v) is 10.9. The molecule has 1 aromatic carbocycles. The van der Waals surface area contributed by atoms with E-state index in [9.17, 15) is 9.59 Å². The smallest absolute Gasteiger partial charge is 0.410 e. The Balaban J connectivity index is 1.48. The van der Waals surface area contributed by atoms with Gasteiger partial charge in [0.25, 0.3) is 0 Å². The van der Waals surface area contributed by atoms with Gasteiger partial charge in [0.1, 0.15) is 10.6 Å². The van der Waals surface area contributed by atoms with Crippen LogP contribution in [0.4, 0.5) is 4.79 Å². The summed E-state index contributed by atoms with van der Waals surface area (Å²) >= 11 is 7.70. The lowest BCUT2D eigenvalue weighted by atomic mass is 10.1. The van der Waals surface area contributed by atoms with Crippen molar-refractivity contribution >= 4 is 34.9 Å². The summed E-state index contributed by atoms with van der Waals surface area (Å²) in [6.07, 6.45) is 1.37. The van der Waals surface area contributed by atoms with Gasteiger partial charge in [-0.2, -0.15) is 0 Å². The summed E-state index contributed by atoms with van der Waals surface area (Å²) in [5.41, 5.74) is 1.10. The fourth-order valence-corrected chi connectivity index (χ4v) is 4.26. The molecule has 3 rings (SSSR count). The Morgan fingerprint density at radius 1 is 1.28 bits per heavy atom. The van der Waals surface area contributed by atoms with Gasteiger partial charge in [-0.3, -0.25) is 4.79 Å². The van der Waals surface area contributed by atoms with E-state index in [1.165, 1.54) is 11.3 Å². The summed E-state index contributed by atoms with van der Waals surface area (Å²) in [5, 5.41) is 6.41. The minimum absolute atomic E-state index is 0.0582. The second kappa shape index (κ2) is 9.13. The number of aromatic nitrogens is 1. The highest BCUT2D eigenvalue weighted by Gasteiger charge is 2.27. The van der Waals surface area contributed by atoms with Crippen molar-refractivity contribution in [3.8, 4) is 10.6 Å². The van der Waals surface area contributed by atoms with Gasteiger partial charge in [-0.15, -0.1) is 11.3 Å². The predicted molar refractivity (Wildman–Crippen MR) is 115 cm³/mol. The summed E-state index contributed by atoms with van der Waals surface area (Å²) in [7, 11) is 0. The van der Waals surface area contributed by atoms with Gasteiger partial charge in [-0.1, -0.05) is 29.8 Å². The zero-order valence-electron chi connectivity index (χ0n) is 16.9. The minimum atomic E-state index is -0.501. The van der Waals surface area contributed by atoms with Crippen molar-refractivity contribution in [2.24, 2.45) is 0 Å². The highest BCUT2D eigenvalue weighted by molar-refractivity contribution is 7.13. The molecular weight excluding hydrogens is 410 g/mol. The molecule has 0 bridgehead atoms. The third-order valence-electron chi connectivity index (χ3n) is 4.51. The number of rotatable bonds is 4. The average Bonchev–Trinajstić information content (AvgIpc) is 3.09. The van der Waals surface area contributed by atoms with E-state index >= 15 is 0 Å². The van der Waals surface area contributed by atoms with Crippen LogP contribution in [0.5, 0.6) is 0 Å². The van der Waals surface area contributed by atoms with E-state index in [2.05, 4.69) is 10.3 Å². The number of carbonyl (C=O) groups excluding carboxylic acids is 2. The maximum absolute atomic E-state index is 12.4. The number of hydrogen-bond acceptors (Lipinski definition) is 5. The molecule has 0 spiro atoms. The number of nitrogens with one attached hydrogen (secondary N) is 1. The van der Waals surface area contributed by atoms with Crippen molar-refractivity contribution in [3.05, 3.63) is 40.4 Å². The summed E-state index contributed by atoms with van der Waals surface area (Å²) in [6, 6.07) is 7.60. The molecule has 2 heterocycles. The highest BCUT2D eigenvalue weighted by atomic mass is 35.5. The van der Waals surface area contributed by atoms with E-state index < -0.39 is 5.60 Å². The molecule has 1 fully saturated rings. The number of nitrogens with zero attached hydrogens (tertiary/aromatic N) is 2. The van der Waals surface area contributed by atoms with Crippen LogP contribution in [0.2, 0.25) is 5.02 Å². The molecule has 0 radical (unpaired) electrons. The second-order valence-corrected chi connectivity index (χ2v) is 9.38. The number of hydrogen-bond donors (Lipinski definition) is 1. The minimum Gasteiger partial charge on any atom is -0.444 e. The molecule has 0 atom stereocenters. The fraction of sp³-hybridized carbons (Fsp3) is 0.476. The maximum Gasteiger partial charge on any atom is 0.410 e. The molecule has 156 valence electrons.